The third kappa shape index (κ3) is 3.16. The van der Waals surface area contributed by atoms with E-state index in [1.165, 1.54) is 19.3 Å². The minimum Gasteiger partial charge on any atom is -0.361 e. The molecule has 0 bridgehead atoms. The zero-order chi connectivity index (χ0) is 16.4. The maximum atomic E-state index is 12.8. The van der Waals surface area contributed by atoms with Crippen LogP contribution in [-0.2, 0) is 6.54 Å². The van der Waals surface area contributed by atoms with Crippen molar-refractivity contribution in [1.29, 1.82) is 0 Å². The van der Waals surface area contributed by atoms with Gasteiger partial charge in [0.15, 0.2) is 0 Å². The maximum Gasteiger partial charge on any atom is 0.257 e. The molecule has 0 radical (unpaired) electrons. The lowest BCUT2D eigenvalue weighted by molar-refractivity contribution is 0.0782. The summed E-state index contributed by atoms with van der Waals surface area (Å²) in [6, 6.07) is 0. The van der Waals surface area contributed by atoms with E-state index in [1.54, 1.807) is 11.1 Å². The molecule has 1 aliphatic carbocycles. The van der Waals surface area contributed by atoms with Gasteiger partial charge in [-0.1, -0.05) is 24.4 Å². The van der Waals surface area contributed by atoms with Gasteiger partial charge in [0.1, 0.15) is 5.76 Å². The fraction of sp³-hybridized carbons (Fsp3) is 0.588. The molecule has 23 heavy (non-hydrogen) atoms. The number of hydrogen-bond acceptors (Lipinski definition) is 4. The first-order valence-corrected chi connectivity index (χ1v) is 8.28. The van der Waals surface area contributed by atoms with Crippen molar-refractivity contribution >= 4 is 5.91 Å². The van der Waals surface area contributed by atoms with E-state index < -0.39 is 0 Å². The van der Waals surface area contributed by atoms with Gasteiger partial charge in [0, 0.05) is 18.5 Å². The largest absolute Gasteiger partial charge is 0.361 e. The molecule has 1 fully saturated rings. The Balaban J connectivity index is 1.76. The zero-order valence-corrected chi connectivity index (χ0v) is 14.1. The first-order chi connectivity index (χ1) is 11.1. The van der Waals surface area contributed by atoms with Gasteiger partial charge in [-0.25, -0.2) is 0 Å². The standard InChI is InChI=1S/C17H24N4O2/c1-11-15(12(2)23-20-11)10-21(3)17(22)14-9-18-19-16(14)13-7-5-4-6-8-13/h9,13H,4-8,10H2,1-3H3,(H,18,19). The third-order valence-electron chi connectivity index (χ3n) is 4.84. The van der Waals surface area contributed by atoms with E-state index in [9.17, 15) is 4.79 Å². The van der Waals surface area contributed by atoms with Crippen LogP contribution >= 0.6 is 0 Å². The van der Waals surface area contributed by atoms with Crippen LogP contribution in [0, 0.1) is 13.8 Å². The van der Waals surface area contributed by atoms with E-state index in [1.807, 2.05) is 20.9 Å². The van der Waals surface area contributed by atoms with Crippen LogP contribution in [0.15, 0.2) is 10.7 Å². The second kappa shape index (κ2) is 6.56. The van der Waals surface area contributed by atoms with Gasteiger partial charge in [0.05, 0.1) is 29.7 Å². The van der Waals surface area contributed by atoms with E-state index >= 15 is 0 Å². The molecule has 1 amide bonds. The fourth-order valence-corrected chi connectivity index (χ4v) is 3.41. The molecular weight excluding hydrogens is 292 g/mol. The quantitative estimate of drug-likeness (QED) is 0.938. The number of carbonyl (C=O) groups excluding carboxylic acids is 1. The van der Waals surface area contributed by atoms with Gasteiger partial charge < -0.3 is 9.42 Å². The van der Waals surface area contributed by atoms with Gasteiger partial charge in [0.25, 0.3) is 5.91 Å². The third-order valence-corrected chi connectivity index (χ3v) is 4.84. The molecule has 2 aromatic heterocycles. The number of H-pyrrole nitrogens is 1. The predicted molar refractivity (Wildman–Crippen MR) is 86.2 cm³/mol. The summed E-state index contributed by atoms with van der Waals surface area (Å²) in [7, 11) is 1.81. The zero-order valence-electron chi connectivity index (χ0n) is 14.1. The molecule has 3 rings (SSSR count). The van der Waals surface area contributed by atoms with Gasteiger partial charge in [-0.2, -0.15) is 5.10 Å². The van der Waals surface area contributed by atoms with Gasteiger partial charge in [-0.15, -0.1) is 0 Å². The summed E-state index contributed by atoms with van der Waals surface area (Å²) in [5, 5.41) is 11.1. The first-order valence-electron chi connectivity index (χ1n) is 8.28. The Labute approximate surface area is 136 Å². The molecule has 2 aromatic rings. The van der Waals surface area contributed by atoms with E-state index in [2.05, 4.69) is 15.4 Å². The Hall–Kier alpha value is -2.11. The van der Waals surface area contributed by atoms with E-state index in [0.29, 0.717) is 18.0 Å². The normalized spacial score (nSPS) is 15.8. The second-order valence-corrected chi connectivity index (χ2v) is 6.50. The van der Waals surface area contributed by atoms with Crippen molar-refractivity contribution < 1.29 is 9.32 Å². The van der Waals surface area contributed by atoms with Gasteiger partial charge >= 0.3 is 0 Å². The average Bonchev–Trinajstić information content (AvgIpc) is 3.17. The molecule has 0 aromatic carbocycles. The van der Waals surface area contributed by atoms with Gasteiger partial charge in [-0.05, 0) is 26.7 Å². The molecule has 2 heterocycles. The number of carbonyl (C=O) groups is 1. The number of nitrogens with one attached hydrogen (secondary N) is 1. The van der Waals surface area contributed by atoms with Crippen molar-refractivity contribution in [3.05, 3.63) is 34.5 Å². The number of aromatic nitrogens is 3. The van der Waals surface area contributed by atoms with Crippen molar-refractivity contribution in [1.82, 2.24) is 20.3 Å². The number of aromatic amines is 1. The van der Waals surface area contributed by atoms with E-state index in [0.717, 1.165) is 35.6 Å². The van der Waals surface area contributed by atoms with Crippen LogP contribution in [0.5, 0.6) is 0 Å². The summed E-state index contributed by atoms with van der Waals surface area (Å²) in [6.07, 6.45) is 7.68. The first kappa shape index (κ1) is 15.8. The Morgan fingerprint density at radius 1 is 1.35 bits per heavy atom. The molecule has 1 N–H and O–H groups in total. The SMILES string of the molecule is Cc1noc(C)c1CN(C)C(=O)c1cn[nH]c1C1CCCCC1. The molecule has 1 aliphatic rings. The minimum absolute atomic E-state index is 0.000626. The summed E-state index contributed by atoms with van der Waals surface area (Å²) in [4.78, 5) is 14.5. The fourth-order valence-electron chi connectivity index (χ4n) is 3.41. The minimum atomic E-state index is -0.000626. The lowest BCUT2D eigenvalue weighted by Gasteiger charge is -2.23. The van der Waals surface area contributed by atoms with Crippen LogP contribution in [0.3, 0.4) is 0 Å². The molecule has 0 aliphatic heterocycles. The molecular formula is C17H24N4O2. The topological polar surface area (TPSA) is 75.0 Å². The maximum absolute atomic E-state index is 12.8. The van der Waals surface area contributed by atoms with Crippen LogP contribution in [0.2, 0.25) is 0 Å². The van der Waals surface area contributed by atoms with Gasteiger partial charge in [0.2, 0.25) is 0 Å². The average molecular weight is 316 g/mol. The highest BCUT2D eigenvalue weighted by Crippen LogP contribution is 2.33. The Bertz CT molecular complexity index is 663. The predicted octanol–water partition coefficient (Wildman–Crippen LogP) is 3.33. The lowest BCUT2D eigenvalue weighted by atomic mass is 9.85. The monoisotopic (exact) mass is 316 g/mol. The molecule has 6 nitrogen and oxygen atoms in total. The van der Waals surface area contributed by atoms with Crippen molar-refractivity contribution in [2.24, 2.45) is 0 Å². The van der Waals surface area contributed by atoms with E-state index in [-0.39, 0.29) is 5.91 Å². The molecule has 0 unspecified atom stereocenters. The number of hydrogen-bond donors (Lipinski definition) is 1. The van der Waals surface area contributed by atoms with Crippen LogP contribution in [0.25, 0.3) is 0 Å². The van der Waals surface area contributed by atoms with Crippen molar-refractivity contribution in [3.63, 3.8) is 0 Å². The number of nitrogens with zero attached hydrogens (tertiary/aromatic N) is 3. The van der Waals surface area contributed by atoms with Crippen LogP contribution in [0.1, 0.15) is 71.1 Å². The van der Waals surface area contributed by atoms with E-state index in [4.69, 9.17) is 4.52 Å². The molecule has 0 saturated heterocycles. The molecule has 0 atom stereocenters. The lowest BCUT2D eigenvalue weighted by Crippen LogP contribution is -2.27. The Morgan fingerprint density at radius 3 is 2.74 bits per heavy atom. The summed E-state index contributed by atoms with van der Waals surface area (Å²) >= 11 is 0. The van der Waals surface area contributed by atoms with Crippen LogP contribution < -0.4 is 0 Å². The van der Waals surface area contributed by atoms with Crippen molar-refractivity contribution in [2.45, 2.75) is 58.4 Å². The molecule has 1 saturated carbocycles. The highest BCUT2D eigenvalue weighted by Gasteiger charge is 2.25. The summed E-state index contributed by atoms with van der Waals surface area (Å²) in [5.74, 6) is 1.19. The molecule has 0 spiro atoms. The van der Waals surface area contributed by atoms with Crippen molar-refractivity contribution in [2.75, 3.05) is 7.05 Å². The Morgan fingerprint density at radius 2 is 2.09 bits per heavy atom. The number of rotatable bonds is 4. The summed E-state index contributed by atoms with van der Waals surface area (Å²) < 4.78 is 5.18. The second-order valence-electron chi connectivity index (χ2n) is 6.50. The smallest absolute Gasteiger partial charge is 0.257 e. The number of aryl methyl sites for hydroxylation is 2. The number of amides is 1. The highest BCUT2D eigenvalue weighted by atomic mass is 16.5. The Kier molecular flexibility index (Phi) is 4.50. The molecule has 6 heteroatoms. The summed E-state index contributed by atoms with van der Waals surface area (Å²) in [5.41, 5.74) is 3.51. The van der Waals surface area contributed by atoms with Crippen LogP contribution in [-0.4, -0.2) is 33.2 Å². The molecule has 124 valence electrons. The summed E-state index contributed by atoms with van der Waals surface area (Å²) in [6.45, 7) is 4.27. The van der Waals surface area contributed by atoms with Crippen molar-refractivity contribution in [3.8, 4) is 0 Å². The highest BCUT2D eigenvalue weighted by molar-refractivity contribution is 5.95. The van der Waals surface area contributed by atoms with Crippen LogP contribution in [0.4, 0.5) is 0 Å². The van der Waals surface area contributed by atoms with Gasteiger partial charge in [-0.3, -0.25) is 9.89 Å².